The molecule has 0 radical (unpaired) electrons. The van der Waals surface area contributed by atoms with Crippen LogP contribution in [0.15, 0.2) is 52.9 Å². The molecule has 2 aromatic carbocycles. The van der Waals surface area contributed by atoms with E-state index in [0.717, 1.165) is 34.9 Å². The molecule has 1 saturated heterocycles. The fourth-order valence-electron chi connectivity index (χ4n) is 3.58. The van der Waals surface area contributed by atoms with E-state index in [9.17, 15) is 4.79 Å². The van der Waals surface area contributed by atoms with Crippen molar-refractivity contribution in [3.8, 4) is 17.2 Å². The zero-order valence-electron chi connectivity index (χ0n) is 17.1. The van der Waals surface area contributed by atoms with Gasteiger partial charge in [0.15, 0.2) is 0 Å². The number of methoxy groups -OCH3 is 1. The molecular formula is C23H24ClN3O3. The molecule has 0 N–H and O–H groups in total. The van der Waals surface area contributed by atoms with Crippen LogP contribution in [0.5, 0.6) is 5.75 Å². The Labute approximate surface area is 181 Å². The lowest BCUT2D eigenvalue weighted by atomic mass is 10.1. The van der Waals surface area contributed by atoms with Crippen molar-refractivity contribution >= 4 is 17.5 Å². The molecule has 30 heavy (non-hydrogen) atoms. The van der Waals surface area contributed by atoms with E-state index in [-0.39, 0.29) is 5.91 Å². The Morgan fingerprint density at radius 2 is 1.97 bits per heavy atom. The fourth-order valence-corrected chi connectivity index (χ4v) is 3.77. The Balaban J connectivity index is 1.39. The van der Waals surface area contributed by atoms with Gasteiger partial charge < -0.3 is 14.1 Å². The summed E-state index contributed by atoms with van der Waals surface area (Å²) in [4.78, 5) is 21.3. The predicted molar refractivity (Wildman–Crippen MR) is 115 cm³/mol. The number of hydrogen-bond donors (Lipinski definition) is 0. The van der Waals surface area contributed by atoms with Gasteiger partial charge in [-0.3, -0.25) is 9.69 Å². The van der Waals surface area contributed by atoms with Crippen molar-refractivity contribution in [3.63, 3.8) is 0 Å². The summed E-state index contributed by atoms with van der Waals surface area (Å²) in [6.07, 6.45) is 0. The molecule has 0 spiro atoms. The molecule has 0 bridgehead atoms. The van der Waals surface area contributed by atoms with Crippen LogP contribution in [-0.4, -0.2) is 47.4 Å². The minimum atomic E-state index is 0.111. The number of piperazine rings is 1. The molecule has 6 nitrogen and oxygen atoms in total. The van der Waals surface area contributed by atoms with Crippen LogP contribution in [0.25, 0.3) is 11.5 Å². The van der Waals surface area contributed by atoms with Gasteiger partial charge in [-0.1, -0.05) is 29.8 Å². The van der Waals surface area contributed by atoms with E-state index in [4.69, 9.17) is 20.8 Å². The lowest BCUT2D eigenvalue weighted by Crippen LogP contribution is -2.49. The van der Waals surface area contributed by atoms with Crippen molar-refractivity contribution < 1.29 is 13.9 Å². The number of carbonyl (C=O) groups is 1. The second kappa shape index (κ2) is 8.90. The summed E-state index contributed by atoms with van der Waals surface area (Å²) in [5.74, 6) is 2.22. The lowest BCUT2D eigenvalue weighted by Gasteiger charge is -2.34. The number of amides is 1. The molecule has 0 atom stereocenters. The molecular weight excluding hydrogens is 402 g/mol. The van der Waals surface area contributed by atoms with Crippen molar-refractivity contribution in [2.75, 3.05) is 26.7 Å². The van der Waals surface area contributed by atoms with E-state index in [0.29, 0.717) is 37.1 Å². The van der Waals surface area contributed by atoms with Gasteiger partial charge in [0.2, 0.25) is 11.8 Å². The highest BCUT2D eigenvalue weighted by Gasteiger charge is 2.25. The van der Waals surface area contributed by atoms with Gasteiger partial charge in [0.1, 0.15) is 11.5 Å². The topological polar surface area (TPSA) is 58.8 Å². The second-order valence-electron chi connectivity index (χ2n) is 7.41. The molecule has 1 amide bonds. The van der Waals surface area contributed by atoms with E-state index in [1.165, 1.54) is 0 Å². The number of nitrogens with zero attached hydrogens (tertiary/aromatic N) is 3. The second-order valence-corrected chi connectivity index (χ2v) is 7.85. The summed E-state index contributed by atoms with van der Waals surface area (Å²) in [6.45, 7) is 4.89. The largest absolute Gasteiger partial charge is 0.497 e. The third-order valence-electron chi connectivity index (χ3n) is 5.24. The first-order valence-corrected chi connectivity index (χ1v) is 10.2. The molecule has 1 aromatic heterocycles. The molecule has 0 unspecified atom stereocenters. The van der Waals surface area contributed by atoms with Crippen molar-refractivity contribution in [2.24, 2.45) is 0 Å². The quantitative estimate of drug-likeness (QED) is 0.593. The predicted octanol–water partition coefficient (Wildman–Crippen LogP) is 4.16. The highest BCUT2D eigenvalue weighted by molar-refractivity contribution is 6.30. The zero-order chi connectivity index (χ0) is 21.1. The molecule has 0 saturated carbocycles. The number of carbonyl (C=O) groups excluding carboxylic acids is 1. The van der Waals surface area contributed by atoms with Crippen LogP contribution >= 0.6 is 11.6 Å². The maximum Gasteiger partial charge on any atom is 0.237 e. The first-order valence-electron chi connectivity index (χ1n) is 9.87. The fraction of sp³-hybridized carbons (Fsp3) is 0.304. The van der Waals surface area contributed by atoms with E-state index in [2.05, 4.69) is 9.88 Å². The SMILES string of the molecule is COc1cccc(CN2CCN(Cc3nc(-c4cccc(Cl)c4)oc3C)CC2=O)c1. The van der Waals surface area contributed by atoms with Crippen molar-refractivity contribution in [2.45, 2.75) is 20.0 Å². The number of rotatable bonds is 6. The van der Waals surface area contributed by atoms with E-state index in [1.54, 1.807) is 7.11 Å². The molecule has 7 heteroatoms. The van der Waals surface area contributed by atoms with Crippen molar-refractivity contribution in [1.82, 2.24) is 14.8 Å². The summed E-state index contributed by atoms with van der Waals surface area (Å²) < 4.78 is 11.1. The van der Waals surface area contributed by atoms with Gasteiger partial charge in [-0.15, -0.1) is 0 Å². The average molecular weight is 426 g/mol. The number of ether oxygens (including phenoxy) is 1. The van der Waals surface area contributed by atoms with E-state index < -0.39 is 0 Å². The molecule has 1 aliphatic rings. The smallest absolute Gasteiger partial charge is 0.237 e. The van der Waals surface area contributed by atoms with E-state index >= 15 is 0 Å². The third-order valence-corrected chi connectivity index (χ3v) is 5.48. The Bertz CT molecular complexity index is 1050. The van der Waals surface area contributed by atoms with Crippen molar-refractivity contribution in [3.05, 3.63) is 70.6 Å². The van der Waals surface area contributed by atoms with Crippen LogP contribution < -0.4 is 4.74 Å². The standard InChI is InChI=1S/C23H24ClN3O3/c1-16-21(25-23(30-16)18-6-4-7-19(24)12-18)14-26-9-10-27(22(28)15-26)13-17-5-3-8-20(11-17)29-2/h3-8,11-12H,9-10,13-15H2,1-2H3. The molecule has 156 valence electrons. The van der Waals surface area contributed by atoms with Gasteiger partial charge >= 0.3 is 0 Å². The lowest BCUT2D eigenvalue weighted by molar-refractivity contribution is -0.136. The third kappa shape index (κ3) is 4.66. The Hall–Kier alpha value is -2.83. The molecule has 1 aliphatic heterocycles. The molecule has 2 heterocycles. The van der Waals surface area contributed by atoms with Gasteiger partial charge in [0, 0.05) is 36.8 Å². The number of halogens is 1. The van der Waals surface area contributed by atoms with Crippen LogP contribution in [0.4, 0.5) is 0 Å². The normalized spacial score (nSPS) is 14.9. The van der Waals surface area contributed by atoms with Gasteiger partial charge in [-0.2, -0.15) is 0 Å². The molecule has 0 aliphatic carbocycles. The Morgan fingerprint density at radius 1 is 1.13 bits per heavy atom. The zero-order valence-corrected chi connectivity index (χ0v) is 17.9. The molecule has 1 fully saturated rings. The van der Waals surface area contributed by atoms with Gasteiger partial charge in [0.25, 0.3) is 0 Å². The van der Waals surface area contributed by atoms with Gasteiger partial charge in [0.05, 0.1) is 19.3 Å². The minimum Gasteiger partial charge on any atom is -0.497 e. The Kier molecular flexibility index (Phi) is 6.06. The highest BCUT2D eigenvalue weighted by Crippen LogP contribution is 2.25. The van der Waals surface area contributed by atoms with Crippen LogP contribution in [0.2, 0.25) is 5.02 Å². The van der Waals surface area contributed by atoms with E-state index in [1.807, 2.05) is 60.4 Å². The monoisotopic (exact) mass is 425 g/mol. The summed E-state index contributed by atoms with van der Waals surface area (Å²) in [6, 6.07) is 15.3. The number of aryl methyl sites for hydroxylation is 1. The highest BCUT2D eigenvalue weighted by atomic mass is 35.5. The maximum atomic E-state index is 12.7. The molecule has 4 rings (SSSR count). The summed E-state index contributed by atoms with van der Waals surface area (Å²) in [7, 11) is 1.65. The first kappa shape index (κ1) is 20.4. The number of hydrogen-bond acceptors (Lipinski definition) is 5. The number of aromatic nitrogens is 1. The Morgan fingerprint density at radius 3 is 2.73 bits per heavy atom. The number of benzene rings is 2. The maximum absolute atomic E-state index is 12.7. The van der Waals surface area contributed by atoms with Crippen molar-refractivity contribution in [1.29, 1.82) is 0 Å². The van der Waals surface area contributed by atoms with Crippen LogP contribution in [0, 0.1) is 6.92 Å². The van der Waals surface area contributed by atoms with Crippen LogP contribution in [-0.2, 0) is 17.9 Å². The molecule has 3 aromatic rings. The number of oxazole rings is 1. The summed E-state index contributed by atoms with van der Waals surface area (Å²) >= 11 is 6.07. The van der Waals surface area contributed by atoms with Gasteiger partial charge in [-0.25, -0.2) is 4.98 Å². The first-order chi connectivity index (χ1) is 14.5. The minimum absolute atomic E-state index is 0.111. The van der Waals surface area contributed by atoms with Crippen LogP contribution in [0.1, 0.15) is 17.0 Å². The summed E-state index contributed by atoms with van der Waals surface area (Å²) in [5, 5.41) is 0.641. The van der Waals surface area contributed by atoms with Crippen LogP contribution in [0.3, 0.4) is 0 Å². The average Bonchev–Trinajstić information content (AvgIpc) is 3.10. The summed E-state index contributed by atoms with van der Waals surface area (Å²) in [5.41, 5.74) is 2.75. The van der Waals surface area contributed by atoms with Gasteiger partial charge in [-0.05, 0) is 42.8 Å².